The number of benzene rings is 2. The maximum atomic E-state index is 12.5. The average Bonchev–Trinajstić information content (AvgIpc) is 2.54. The van der Waals surface area contributed by atoms with Gasteiger partial charge in [-0.1, -0.05) is 12.1 Å². The molecule has 118 valence electrons. The van der Waals surface area contributed by atoms with Crippen LogP contribution in [0.2, 0.25) is 0 Å². The molecule has 0 saturated heterocycles. The van der Waals surface area contributed by atoms with Crippen LogP contribution in [0.5, 0.6) is 5.75 Å². The monoisotopic (exact) mass is 330 g/mol. The number of H-pyrrole nitrogens is 1. The molecular weight excluding hydrogens is 316 g/mol. The van der Waals surface area contributed by atoms with Crippen LogP contribution in [-0.2, 0) is 10.0 Å². The lowest BCUT2D eigenvalue weighted by molar-refractivity contribution is 0.417. The van der Waals surface area contributed by atoms with E-state index in [0.717, 1.165) is 0 Å². The number of methoxy groups -OCH3 is 1. The van der Waals surface area contributed by atoms with E-state index in [0.29, 0.717) is 22.3 Å². The minimum atomic E-state index is -3.77. The Labute approximate surface area is 132 Å². The van der Waals surface area contributed by atoms with Crippen molar-refractivity contribution in [1.29, 1.82) is 0 Å². The summed E-state index contributed by atoms with van der Waals surface area (Å²) in [5, 5.41) is 0.632. The normalized spacial score (nSPS) is 11.3. The Balaban J connectivity index is 2.02. The molecule has 0 bridgehead atoms. The van der Waals surface area contributed by atoms with Crippen molar-refractivity contribution < 1.29 is 13.2 Å². The summed E-state index contributed by atoms with van der Waals surface area (Å²) in [6.45, 7) is 0. The van der Waals surface area contributed by atoms with E-state index < -0.39 is 10.0 Å². The average molecular weight is 330 g/mol. The number of fused-ring (bicyclic) bond motifs is 1. The minimum absolute atomic E-state index is 0.1000. The Morgan fingerprint density at radius 2 is 1.83 bits per heavy atom. The summed E-state index contributed by atoms with van der Waals surface area (Å²) >= 11 is 0. The van der Waals surface area contributed by atoms with Crippen molar-refractivity contribution in [2.24, 2.45) is 0 Å². The first-order chi connectivity index (χ1) is 11.0. The highest BCUT2D eigenvalue weighted by molar-refractivity contribution is 7.92. The molecule has 0 aliphatic rings. The van der Waals surface area contributed by atoms with Crippen molar-refractivity contribution in [2.45, 2.75) is 4.90 Å². The summed E-state index contributed by atoms with van der Waals surface area (Å²) in [4.78, 5) is 14.0. The maximum absolute atomic E-state index is 12.5. The molecule has 6 nitrogen and oxygen atoms in total. The van der Waals surface area contributed by atoms with Crippen molar-refractivity contribution in [3.8, 4) is 5.75 Å². The van der Waals surface area contributed by atoms with E-state index in [9.17, 15) is 13.2 Å². The number of aromatic nitrogens is 1. The van der Waals surface area contributed by atoms with Crippen LogP contribution in [0.15, 0.2) is 64.3 Å². The number of anilines is 1. The Kier molecular flexibility index (Phi) is 3.79. The van der Waals surface area contributed by atoms with Crippen LogP contribution in [0.4, 0.5) is 5.69 Å². The molecule has 0 aliphatic heterocycles. The first kappa shape index (κ1) is 15.1. The first-order valence-corrected chi connectivity index (χ1v) is 8.27. The summed E-state index contributed by atoms with van der Waals surface area (Å²) in [7, 11) is -2.30. The maximum Gasteiger partial charge on any atom is 0.262 e. The van der Waals surface area contributed by atoms with Gasteiger partial charge < -0.3 is 9.72 Å². The molecule has 3 aromatic rings. The molecule has 0 radical (unpaired) electrons. The fraction of sp³-hybridized carbons (Fsp3) is 0.0625. The molecule has 2 N–H and O–H groups in total. The predicted molar refractivity (Wildman–Crippen MR) is 88.4 cm³/mol. The van der Waals surface area contributed by atoms with Crippen molar-refractivity contribution >= 4 is 26.6 Å². The zero-order valence-corrected chi connectivity index (χ0v) is 13.1. The molecule has 23 heavy (non-hydrogen) atoms. The number of aromatic amines is 1. The Morgan fingerprint density at radius 3 is 2.61 bits per heavy atom. The van der Waals surface area contributed by atoms with E-state index >= 15 is 0 Å². The van der Waals surface area contributed by atoms with Gasteiger partial charge in [0.1, 0.15) is 5.75 Å². The van der Waals surface area contributed by atoms with Crippen LogP contribution >= 0.6 is 0 Å². The van der Waals surface area contributed by atoms with Crippen LogP contribution in [0, 0.1) is 0 Å². The molecule has 0 fully saturated rings. The third-order valence-electron chi connectivity index (χ3n) is 3.36. The minimum Gasteiger partial charge on any atom is -0.495 e. The summed E-state index contributed by atoms with van der Waals surface area (Å²) in [6.07, 6.45) is 0. The highest BCUT2D eigenvalue weighted by Gasteiger charge is 2.16. The van der Waals surface area contributed by atoms with Crippen LogP contribution < -0.4 is 15.0 Å². The van der Waals surface area contributed by atoms with Gasteiger partial charge in [-0.05, 0) is 41.8 Å². The van der Waals surface area contributed by atoms with Gasteiger partial charge in [0.25, 0.3) is 10.0 Å². The lowest BCUT2D eigenvalue weighted by atomic mass is 10.2. The molecule has 3 rings (SSSR count). The SMILES string of the molecule is COc1ccccc1NS(=O)(=O)c1ccc2[nH]c(=O)ccc2c1. The quantitative estimate of drug-likeness (QED) is 0.768. The molecule has 0 aliphatic carbocycles. The van der Waals surface area contributed by atoms with Gasteiger partial charge in [0, 0.05) is 11.6 Å². The van der Waals surface area contributed by atoms with E-state index in [1.54, 1.807) is 36.4 Å². The topological polar surface area (TPSA) is 88.3 Å². The number of sulfonamides is 1. The number of rotatable bonds is 4. The molecule has 0 amide bonds. The molecule has 1 aromatic heterocycles. The van der Waals surface area contributed by atoms with Gasteiger partial charge in [0.05, 0.1) is 17.7 Å². The third-order valence-corrected chi connectivity index (χ3v) is 4.72. The van der Waals surface area contributed by atoms with Gasteiger partial charge in [-0.3, -0.25) is 9.52 Å². The number of pyridine rings is 1. The van der Waals surface area contributed by atoms with Crippen molar-refractivity contribution in [3.05, 3.63) is 65.0 Å². The molecule has 0 spiro atoms. The molecule has 1 heterocycles. The van der Waals surface area contributed by atoms with Crippen LogP contribution in [0.3, 0.4) is 0 Å². The molecule has 0 atom stereocenters. The highest BCUT2D eigenvalue weighted by atomic mass is 32.2. The Morgan fingerprint density at radius 1 is 1.04 bits per heavy atom. The van der Waals surface area contributed by atoms with E-state index in [4.69, 9.17) is 4.74 Å². The second kappa shape index (κ2) is 5.77. The van der Waals surface area contributed by atoms with Gasteiger partial charge in [0.2, 0.25) is 5.56 Å². The Hall–Kier alpha value is -2.80. The van der Waals surface area contributed by atoms with Crippen LogP contribution in [-0.4, -0.2) is 20.5 Å². The van der Waals surface area contributed by atoms with Gasteiger partial charge in [0.15, 0.2) is 0 Å². The number of hydrogen-bond donors (Lipinski definition) is 2. The first-order valence-electron chi connectivity index (χ1n) is 6.78. The molecular formula is C16H14N2O4S. The molecule has 0 unspecified atom stereocenters. The van der Waals surface area contributed by atoms with Crippen molar-refractivity contribution in [3.63, 3.8) is 0 Å². The second-order valence-corrected chi connectivity index (χ2v) is 6.56. The molecule has 0 saturated carbocycles. The van der Waals surface area contributed by atoms with Gasteiger partial charge in [-0.2, -0.15) is 0 Å². The molecule has 2 aromatic carbocycles. The predicted octanol–water partition coefficient (Wildman–Crippen LogP) is 2.34. The van der Waals surface area contributed by atoms with E-state index in [1.165, 1.54) is 25.3 Å². The highest BCUT2D eigenvalue weighted by Crippen LogP contribution is 2.26. The number of nitrogens with one attached hydrogen (secondary N) is 2. The number of ether oxygens (including phenoxy) is 1. The zero-order valence-electron chi connectivity index (χ0n) is 12.2. The smallest absolute Gasteiger partial charge is 0.262 e. The standard InChI is InChI=1S/C16H14N2O4S/c1-22-15-5-3-2-4-14(15)18-23(20,21)12-7-8-13-11(10-12)6-9-16(19)17-13/h2-10,18H,1H3,(H,17,19). The second-order valence-electron chi connectivity index (χ2n) is 4.88. The lowest BCUT2D eigenvalue weighted by Gasteiger charge is -2.12. The van der Waals surface area contributed by atoms with E-state index in [-0.39, 0.29) is 10.5 Å². The Bertz CT molecular complexity index is 1030. The summed E-state index contributed by atoms with van der Waals surface area (Å²) < 4.78 is 32.7. The van der Waals surface area contributed by atoms with Crippen molar-refractivity contribution in [1.82, 2.24) is 4.98 Å². The van der Waals surface area contributed by atoms with E-state index in [2.05, 4.69) is 9.71 Å². The van der Waals surface area contributed by atoms with E-state index in [1.807, 2.05) is 0 Å². The van der Waals surface area contributed by atoms with Gasteiger partial charge in [-0.15, -0.1) is 0 Å². The van der Waals surface area contributed by atoms with Crippen LogP contribution in [0.1, 0.15) is 0 Å². The fourth-order valence-electron chi connectivity index (χ4n) is 2.23. The fourth-order valence-corrected chi connectivity index (χ4v) is 3.34. The van der Waals surface area contributed by atoms with Crippen LogP contribution in [0.25, 0.3) is 10.9 Å². The third kappa shape index (κ3) is 3.04. The number of hydrogen-bond acceptors (Lipinski definition) is 4. The summed E-state index contributed by atoms with van der Waals surface area (Å²) in [5.74, 6) is 0.432. The lowest BCUT2D eigenvalue weighted by Crippen LogP contribution is -2.13. The largest absolute Gasteiger partial charge is 0.495 e. The van der Waals surface area contributed by atoms with Gasteiger partial charge in [-0.25, -0.2) is 8.42 Å². The summed E-state index contributed by atoms with van der Waals surface area (Å²) in [6, 6.07) is 14.2. The van der Waals surface area contributed by atoms with Gasteiger partial charge >= 0.3 is 0 Å². The summed E-state index contributed by atoms with van der Waals surface area (Å²) in [5.41, 5.74) is 0.700. The number of para-hydroxylation sites is 2. The molecule has 7 heteroatoms. The van der Waals surface area contributed by atoms with Crippen molar-refractivity contribution in [2.75, 3.05) is 11.8 Å². The zero-order chi connectivity index (χ0) is 16.4.